The second kappa shape index (κ2) is 20.6. The third-order valence-electron chi connectivity index (χ3n) is 10.8. The van der Waals surface area contributed by atoms with Gasteiger partial charge < -0.3 is 25.7 Å². The quantitative estimate of drug-likeness (QED) is 0.112. The van der Waals surface area contributed by atoms with E-state index in [1.165, 1.54) is 12.1 Å². The van der Waals surface area contributed by atoms with E-state index in [2.05, 4.69) is 20.5 Å². The van der Waals surface area contributed by atoms with Gasteiger partial charge in [-0.05, 0) is 74.4 Å². The van der Waals surface area contributed by atoms with Crippen molar-refractivity contribution in [1.29, 1.82) is 0 Å². The summed E-state index contributed by atoms with van der Waals surface area (Å²) < 4.78 is 13.5. The second-order valence-corrected chi connectivity index (χ2v) is 16.3. The van der Waals surface area contributed by atoms with Crippen LogP contribution in [0.2, 0.25) is 0 Å². The van der Waals surface area contributed by atoms with Crippen molar-refractivity contribution in [1.82, 2.24) is 25.4 Å². The molecule has 1 aliphatic rings. The van der Waals surface area contributed by atoms with E-state index in [0.29, 0.717) is 17.8 Å². The molecule has 2 heterocycles. The zero-order valence-corrected chi connectivity index (χ0v) is 33.7. The van der Waals surface area contributed by atoms with Gasteiger partial charge in [0.2, 0.25) is 11.8 Å². The Bertz CT molecular complexity index is 1710. The van der Waals surface area contributed by atoms with Gasteiger partial charge in [-0.2, -0.15) is 0 Å². The van der Waals surface area contributed by atoms with Crippen LogP contribution in [0.15, 0.2) is 60.0 Å². The lowest BCUT2D eigenvalue weighted by molar-refractivity contribution is -0.143. The number of piperidine rings is 1. The summed E-state index contributed by atoms with van der Waals surface area (Å²) >= 11 is 1.13. The molecule has 3 unspecified atom stereocenters. The van der Waals surface area contributed by atoms with Crippen LogP contribution in [0.1, 0.15) is 106 Å². The first kappa shape index (κ1) is 43.5. The second-order valence-electron chi connectivity index (χ2n) is 15.4. The molecule has 1 aliphatic heterocycles. The molecule has 300 valence electrons. The molecule has 11 nitrogen and oxygen atoms in total. The summed E-state index contributed by atoms with van der Waals surface area (Å²) in [5.41, 5.74) is 1.74. The first-order valence-corrected chi connectivity index (χ1v) is 20.3. The molecule has 7 atom stereocenters. The van der Waals surface area contributed by atoms with Gasteiger partial charge in [0, 0.05) is 30.4 Å². The molecule has 0 aliphatic carbocycles. The number of aliphatic carboxylic acids is 1. The van der Waals surface area contributed by atoms with Gasteiger partial charge in [-0.3, -0.25) is 24.1 Å². The van der Waals surface area contributed by atoms with Crippen LogP contribution in [0.25, 0.3) is 0 Å². The van der Waals surface area contributed by atoms with Crippen LogP contribution in [0.4, 0.5) is 4.39 Å². The number of carboxylic acids is 1. The van der Waals surface area contributed by atoms with E-state index in [1.807, 2.05) is 65.1 Å². The lowest BCUT2D eigenvalue weighted by Crippen LogP contribution is -2.58. The number of hydrogen-bond acceptors (Lipinski definition) is 8. The highest BCUT2D eigenvalue weighted by atomic mass is 32.1. The van der Waals surface area contributed by atoms with Crippen LogP contribution < -0.4 is 10.6 Å². The maximum Gasteiger partial charge on any atom is 0.306 e. The Hall–Kier alpha value is -4.20. The molecule has 1 saturated heterocycles. The molecular weight excluding hydrogens is 722 g/mol. The normalized spacial score (nSPS) is 18.1. The zero-order valence-electron chi connectivity index (χ0n) is 32.9. The minimum Gasteiger partial charge on any atom is -0.481 e. The summed E-state index contributed by atoms with van der Waals surface area (Å²) in [4.78, 5) is 61.9. The average Bonchev–Trinajstić information content (AvgIpc) is 3.67. The maximum atomic E-state index is 14.8. The van der Waals surface area contributed by atoms with E-state index in [1.54, 1.807) is 29.3 Å². The third kappa shape index (κ3) is 12.4. The Morgan fingerprint density at radius 3 is 2.29 bits per heavy atom. The zero-order chi connectivity index (χ0) is 40.2. The number of amides is 3. The van der Waals surface area contributed by atoms with Crippen molar-refractivity contribution in [3.63, 3.8) is 0 Å². The van der Waals surface area contributed by atoms with Crippen molar-refractivity contribution in [3.8, 4) is 0 Å². The molecule has 55 heavy (non-hydrogen) atoms. The van der Waals surface area contributed by atoms with Gasteiger partial charge >= 0.3 is 5.97 Å². The standard InChI is InChI=1S/C42H58FN5O6S/c1-7-27(4)37(46-39(51)34-15-11-12-20-47(34)6)41(52)48(24-30-13-9-8-10-14-30)35(26(2)3)23-36(49)40-45-33(25-55-40)38(50)44-32(21-28(5)42(53)54)22-29-16-18-31(43)19-17-29/h8-10,13-14,16-19,25-28,32,34-37,49H,7,11-12,15,20-24H2,1-6H3,(H,44,50)(H,46,51)(H,53,54)/t27?,28-,32+,34?,35+,36+,37?/m0/s1. The lowest BCUT2D eigenvalue weighted by atomic mass is 9.91. The number of likely N-dealkylation sites (tertiary alicyclic amines) is 1. The fraction of sp³-hybridized carbons (Fsp3) is 0.548. The van der Waals surface area contributed by atoms with E-state index in [0.717, 1.165) is 48.3 Å². The van der Waals surface area contributed by atoms with Crippen molar-refractivity contribution < 1.29 is 33.8 Å². The van der Waals surface area contributed by atoms with E-state index in [4.69, 9.17) is 0 Å². The predicted molar refractivity (Wildman–Crippen MR) is 212 cm³/mol. The average molecular weight is 780 g/mol. The Morgan fingerprint density at radius 2 is 1.67 bits per heavy atom. The van der Waals surface area contributed by atoms with Crippen LogP contribution in [0.5, 0.6) is 0 Å². The summed E-state index contributed by atoms with van der Waals surface area (Å²) in [7, 11) is 1.95. The van der Waals surface area contributed by atoms with Crippen molar-refractivity contribution in [2.75, 3.05) is 13.6 Å². The molecule has 3 amide bonds. The van der Waals surface area contributed by atoms with Gasteiger partial charge in [-0.15, -0.1) is 11.3 Å². The maximum absolute atomic E-state index is 14.8. The smallest absolute Gasteiger partial charge is 0.306 e. The number of aliphatic hydroxyl groups excluding tert-OH is 1. The number of halogens is 1. The minimum absolute atomic E-state index is 0.0803. The Labute approximate surface area is 328 Å². The summed E-state index contributed by atoms with van der Waals surface area (Å²) in [5, 5.41) is 29.1. The van der Waals surface area contributed by atoms with E-state index in [9.17, 15) is 33.8 Å². The molecule has 2 aromatic carbocycles. The highest BCUT2D eigenvalue weighted by Crippen LogP contribution is 2.30. The molecule has 0 bridgehead atoms. The van der Waals surface area contributed by atoms with Crippen molar-refractivity contribution in [2.24, 2.45) is 17.8 Å². The number of nitrogens with zero attached hydrogens (tertiary/aromatic N) is 3. The Morgan fingerprint density at radius 1 is 0.982 bits per heavy atom. The first-order valence-electron chi connectivity index (χ1n) is 19.4. The van der Waals surface area contributed by atoms with Gasteiger partial charge in [0.15, 0.2) is 0 Å². The fourth-order valence-electron chi connectivity index (χ4n) is 7.18. The molecule has 1 aromatic heterocycles. The summed E-state index contributed by atoms with van der Waals surface area (Å²) in [6.45, 7) is 10.6. The number of hydrogen-bond donors (Lipinski definition) is 4. The number of aliphatic hydroxyl groups is 1. The van der Waals surface area contributed by atoms with Crippen molar-refractivity contribution in [2.45, 2.75) is 116 Å². The van der Waals surface area contributed by atoms with Crippen molar-refractivity contribution >= 4 is 35.0 Å². The van der Waals surface area contributed by atoms with E-state index in [-0.39, 0.29) is 54.8 Å². The number of carbonyl (C=O) groups is 4. The fourth-order valence-corrected chi connectivity index (χ4v) is 7.97. The number of benzene rings is 2. The topological polar surface area (TPSA) is 152 Å². The van der Waals surface area contributed by atoms with Crippen molar-refractivity contribution in [3.05, 3.63) is 87.6 Å². The summed E-state index contributed by atoms with van der Waals surface area (Å²) in [5.74, 6) is -3.24. The van der Waals surface area contributed by atoms with Crippen LogP contribution in [0.3, 0.4) is 0 Å². The molecule has 3 aromatic rings. The number of rotatable bonds is 19. The molecule has 0 spiro atoms. The molecular formula is C42H58FN5O6S. The number of nitrogens with one attached hydrogen (secondary N) is 2. The number of carbonyl (C=O) groups excluding carboxylic acids is 3. The number of likely N-dealkylation sites (N-methyl/N-ethyl adjacent to an activating group) is 1. The Kier molecular flexibility index (Phi) is 16.3. The minimum atomic E-state index is -1.11. The SMILES string of the molecule is CCC(C)C(NC(=O)C1CCCCN1C)C(=O)N(Cc1ccccc1)[C@H](C[C@@H](O)c1nc(C(=O)N[C@@H](Cc2ccc(F)cc2)C[C@H](C)C(=O)O)cs1)C(C)C. The van der Waals surface area contributed by atoms with Gasteiger partial charge in [0.1, 0.15) is 28.7 Å². The highest BCUT2D eigenvalue weighted by Gasteiger charge is 2.38. The van der Waals surface area contributed by atoms with Gasteiger partial charge in [-0.1, -0.05) is 89.9 Å². The largest absolute Gasteiger partial charge is 0.481 e. The first-order chi connectivity index (χ1) is 26.2. The van der Waals surface area contributed by atoms with Crippen LogP contribution >= 0.6 is 11.3 Å². The number of aromatic nitrogens is 1. The van der Waals surface area contributed by atoms with Gasteiger partial charge in [-0.25, -0.2) is 9.37 Å². The molecule has 4 rings (SSSR count). The molecule has 13 heteroatoms. The van der Waals surface area contributed by atoms with Crippen LogP contribution in [-0.4, -0.2) is 86.4 Å². The van der Waals surface area contributed by atoms with Gasteiger partial charge in [0.05, 0.1) is 12.0 Å². The third-order valence-corrected chi connectivity index (χ3v) is 11.7. The highest BCUT2D eigenvalue weighted by molar-refractivity contribution is 7.09. The molecule has 4 N–H and O–H groups in total. The van der Waals surface area contributed by atoms with Crippen LogP contribution in [-0.2, 0) is 27.3 Å². The molecule has 0 saturated carbocycles. The van der Waals surface area contributed by atoms with Gasteiger partial charge in [0.25, 0.3) is 5.91 Å². The summed E-state index contributed by atoms with van der Waals surface area (Å²) in [6, 6.07) is 13.4. The monoisotopic (exact) mass is 779 g/mol. The lowest BCUT2D eigenvalue weighted by Gasteiger charge is -2.40. The predicted octanol–water partition coefficient (Wildman–Crippen LogP) is 6.23. The summed E-state index contributed by atoms with van der Waals surface area (Å²) in [6.07, 6.45) is 2.87. The number of thiazole rings is 1. The van der Waals surface area contributed by atoms with E-state index < -0.39 is 47.8 Å². The van der Waals surface area contributed by atoms with E-state index >= 15 is 0 Å². The Balaban J connectivity index is 1.56. The molecule has 1 fully saturated rings. The molecule has 0 radical (unpaired) electrons. The van der Waals surface area contributed by atoms with Crippen LogP contribution in [0, 0.1) is 23.6 Å². The number of carboxylic acid groups (broad SMARTS) is 1.